The molecule has 10 unspecified atom stereocenters. The largest absolute Gasteiger partial charge is 1.00 e. The number of hydrogen-bond acceptors (Lipinski definition) is 3. The fourth-order valence-electron chi connectivity index (χ4n) is 1.82. The second-order valence-electron chi connectivity index (χ2n) is 5.47. The minimum Gasteiger partial charge on any atom is -0.748 e. The molecule has 0 bridgehead atoms. The zero-order valence-corrected chi connectivity index (χ0v) is 17.9. The quantitative estimate of drug-likeness (QED) is 0.220. The molecule has 0 fully saturated rings. The van der Waals surface area contributed by atoms with Gasteiger partial charge in [0.1, 0.15) is 12.8 Å². The van der Waals surface area contributed by atoms with Crippen LogP contribution in [0.4, 0.5) is 48.3 Å². The fourth-order valence-corrected chi connectivity index (χ4v) is 2.40. The predicted octanol–water partition coefficient (Wildman–Crippen LogP) is -0.114. The third-order valence-corrected chi connectivity index (χ3v) is 4.06. The van der Waals surface area contributed by atoms with Gasteiger partial charge in [-0.15, -0.1) is 0 Å². The smallest absolute Gasteiger partial charge is 0.748 e. The molecule has 0 aliphatic rings. The van der Waals surface area contributed by atoms with Crippen LogP contribution in [0.2, 0.25) is 0 Å². The number of hydrogen-bond donors (Lipinski definition) is 0. The van der Waals surface area contributed by atoms with Gasteiger partial charge in [0.25, 0.3) is 0 Å². The van der Waals surface area contributed by atoms with Gasteiger partial charge in [0.05, 0.1) is 15.9 Å². The van der Waals surface area contributed by atoms with Crippen molar-refractivity contribution in [1.82, 2.24) is 0 Å². The molecule has 0 aromatic heterocycles. The molecule has 0 heterocycles. The third kappa shape index (κ3) is 9.28. The summed E-state index contributed by atoms with van der Waals surface area (Å²) in [5, 5.41) is 0. The summed E-state index contributed by atoms with van der Waals surface area (Å²) < 4.78 is 174. The van der Waals surface area contributed by atoms with E-state index in [0.717, 1.165) is 0 Å². The van der Waals surface area contributed by atoms with E-state index in [1.54, 1.807) is 0 Å². The van der Waals surface area contributed by atoms with E-state index in [2.05, 4.69) is 0 Å². The Labute approximate surface area is 195 Å². The van der Waals surface area contributed by atoms with Gasteiger partial charge in [-0.3, -0.25) is 0 Å². The van der Waals surface area contributed by atoms with Gasteiger partial charge in [-0.05, 0) is 0 Å². The Morgan fingerprint density at radius 3 is 1.07 bits per heavy atom. The number of rotatable bonds is 12. The number of halogens is 11. The Balaban J connectivity index is 0. The Kier molecular flexibility index (Phi) is 14.6. The summed E-state index contributed by atoms with van der Waals surface area (Å²) in [6.07, 6.45) is -38.1. The molecule has 0 rings (SSSR count). The molecular formula is C12H14F11KO3S. The van der Waals surface area contributed by atoms with Gasteiger partial charge in [-0.1, -0.05) is 0 Å². The molecular weight excluding hydrogens is 472 g/mol. The molecule has 0 aromatic carbocycles. The van der Waals surface area contributed by atoms with E-state index in [1.165, 1.54) is 0 Å². The summed E-state index contributed by atoms with van der Waals surface area (Å²) >= 11 is 0. The molecule has 0 saturated carbocycles. The van der Waals surface area contributed by atoms with E-state index in [9.17, 15) is 61.3 Å². The van der Waals surface area contributed by atoms with Crippen LogP contribution in [0.3, 0.4) is 0 Å². The molecule has 0 amide bonds. The molecule has 0 aliphatic heterocycles. The molecule has 0 saturated heterocycles. The zero-order chi connectivity index (χ0) is 21.7. The van der Waals surface area contributed by atoms with Crippen molar-refractivity contribution in [2.75, 3.05) is 12.4 Å². The summed E-state index contributed by atoms with van der Waals surface area (Å²) in [4.78, 5) is 0. The van der Waals surface area contributed by atoms with Crippen molar-refractivity contribution >= 4 is 10.1 Å². The molecule has 0 spiro atoms. The van der Waals surface area contributed by atoms with Crippen molar-refractivity contribution in [2.45, 2.75) is 61.7 Å². The summed E-state index contributed by atoms with van der Waals surface area (Å²) in [5.41, 5.74) is 0. The SMILES string of the molecule is O=S(=O)([O-])CC(F)C(F)C(F)C(F)C(F)C(F)C(F)C(F)C(F)C(F)CF.[K+]. The van der Waals surface area contributed by atoms with Crippen molar-refractivity contribution in [1.29, 1.82) is 0 Å². The summed E-state index contributed by atoms with van der Waals surface area (Å²) in [5.74, 6) is -2.18. The van der Waals surface area contributed by atoms with Crippen LogP contribution in [0.15, 0.2) is 0 Å². The van der Waals surface area contributed by atoms with Crippen molar-refractivity contribution < 1.29 is 113 Å². The van der Waals surface area contributed by atoms with Gasteiger partial charge in [-0.2, -0.15) is 0 Å². The Morgan fingerprint density at radius 2 is 0.821 bits per heavy atom. The average molecular weight is 486 g/mol. The van der Waals surface area contributed by atoms with Gasteiger partial charge in [0.15, 0.2) is 55.5 Å². The van der Waals surface area contributed by atoms with Crippen molar-refractivity contribution in [3.8, 4) is 0 Å². The fraction of sp³-hybridized carbons (Fsp3) is 1.00. The van der Waals surface area contributed by atoms with Gasteiger partial charge in [0, 0.05) is 0 Å². The zero-order valence-electron chi connectivity index (χ0n) is 14.0. The van der Waals surface area contributed by atoms with E-state index in [0.29, 0.717) is 0 Å². The molecule has 0 radical (unpaired) electrons. The molecule has 0 N–H and O–H groups in total. The van der Waals surface area contributed by atoms with E-state index < -0.39 is 84.3 Å². The summed E-state index contributed by atoms with van der Waals surface area (Å²) in [6.45, 7) is -2.16. The molecule has 0 aromatic rings. The first-order chi connectivity index (χ1) is 12.2. The first kappa shape index (κ1) is 31.0. The van der Waals surface area contributed by atoms with E-state index >= 15 is 0 Å². The molecule has 10 atom stereocenters. The topological polar surface area (TPSA) is 57.2 Å². The number of alkyl halides is 11. The second kappa shape index (κ2) is 13.2. The second-order valence-corrected chi connectivity index (χ2v) is 6.91. The standard InChI is InChI=1S/C12H15F11O3S.K/c13-1-3(14)5(16)7(18)9(20)11(22)12(23)10(21)8(19)6(17)4(15)2-27(24,25)26;/h3-12H,1-2H2,(H,24,25,26);/q;+1/p-1. The van der Waals surface area contributed by atoms with E-state index in [-0.39, 0.29) is 51.4 Å². The van der Waals surface area contributed by atoms with Crippen LogP contribution in [-0.4, -0.2) is 87.1 Å². The third-order valence-electron chi connectivity index (χ3n) is 3.33. The molecule has 3 nitrogen and oxygen atoms in total. The molecule has 16 heteroatoms. The minimum absolute atomic E-state index is 0. The Hall–Kier alpha value is 0.776. The van der Waals surface area contributed by atoms with Crippen molar-refractivity contribution in [3.05, 3.63) is 0 Å². The van der Waals surface area contributed by atoms with Crippen LogP contribution in [0.25, 0.3) is 0 Å². The van der Waals surface area contributed by atoms with Crippen molar-refractivity contribution in [3.63, 3.8) is 0 Å². The monoisotopic (exact) mass is 486 g/mol. The predicted molar refractivity (Wildman–Crippen MR) is 69.5 cm³/mol. The van der Waals surface area contributed by atoms with Crippen LogP contribution in [0, 0.1) is 0 Å². The molecule has 28 heavy (non-hydrogen) atoms. The first-order valence-electron chi connectivity index (χ1n) is 7.05. The average Bonchev–Trinajstić information content (AvgIpc) is 2.60. The maximum atomic E-state index is 13.4. The van der Waals surface area contributed by atoms with E-state index in [1.807, 2.05) is 0 Å². The first-order valence-corrected chi connectivity index (χ1v) is 8.63. The Bertz CT molecular complexity index is 545. The summed E-state index contributed by atoms with van der Waals surface area (Å²) in [7, 11) is -5.45. The summed E-state index contributed by atoms with van der Waals surface area (Å²) in [6, 6.07) is 0. The maximum absolute atomic E-state index is 13.4. The maximum Gasteiger partial charge on any atom is 1.00 e. The minimum atomic E-state index is -5.45. The van der Waals surface area contributed by atoms with Crippen molar-refractivity contribution in [2.24, 2.45) is 0 Å². The van der Waals surface area contributed by atoms with Gasteiger partial charge < -0.3 is 4.55 Å². The molecule has 164 valence electrons. The van der Waals surface area contributed by atoms with Gasteiger partial charge in [-0.25, -0.2) is 56.7 Å². The normalized spacial score (nSPS) is 23.3. The molecule has 0 aliphatic carbocycles. The van der Waals surface area contributed by atoms with Crippen LogP contribution < -0.4 is 51.4 Å². The van der Waals surface area contributed by atoms with Crippen LogP contribution in [0.1, 0.15) is 0 Å². The van der Waals surface area contributed by atoms with E-state index in [4.69, 9.17) is 0 Å². The van der Waals surface area contributed by atoms with Crippen LogP contribution >= 0.6 is 0 Å². The van der Waals surface area contributed by atoms with Crippen LogP contribution in [-0.2, 0) is 10.1 Å². The van der Waals surface area contributed by atoms with Gasteiger partial charge in [0.2, 0.25) is 0 Å². The van der Waals surface area contributed by atoms with Gasteiger partial charge >= 0.3 is 51.4 Å². The van der Waals surface area contributed by atoms with Crippen LogP contribution in [0.5, 0.6) is 0 Å². The Morgan fingerprint density at radius 1 is 0.571 bits per heavy atom.